The quantitative estimate of drug-likeness (QED) is 0.505. The van der Waals surface area contributed by atoms with E-state index in [9.17, 15) is 0 Å². The summed E-state index contributed by atoms with van der Waals surface area (Å²) in [4.78, 5) is 0. The molecule has 0 heteroatoms. The highest BCUT2D eigenvalue weighted by Gasteiger charge is 2.48. The lowest BCUT2D eigenvalue weighted by Crippen LogP contribution is -2.37. The van der Waals surface area contributed by atoms with Crippen LogP contribution in [0.4, 0.5) is 0 Å². The van der Waals surface area contributed by atoms with E-state index in [1.54, 1.807) is 11.1 Å². The lowest BCUT2D eigenvalue weighted by atomic mass is 9.57. The van der Waals surface area contributed by atoms with Crippen molar-refractivity contribution in [1.29, 1.82) is 0 Å². The topological polar surface area (TPSA) is 0 Å². The molecule has 0 aliphatic heterocycles. The molecular formula is C27H34. The molecule has 2 fully saturated rings. The fourth-order valence-corrected chi connectivity index (χ4v) is 6.92. The molecule has 4 aliphatic rings. The maximum Gasteiger partial charge on any atom is -0.00866 e. The Hall–Kier alpha value is -1.56. The van der Waals surface area contributed by atoms with Crippen LogP contribution in [0.3, 0.4) is 0 Å². The smallest absolute Gasteiger partial charge is 0.00866 e. The van der Waals surface area contributed by atoms with E-state index in [0.29, 0.717) is 11.3 Å². The van der Waals surface area contributed by atoms with Crippen molar-refractivity contribution in [2.75, 3.05) is 0 Å². The van der Waals surface area contributed by atoms with Crippen molar-refractivity contribution in [3.8, 4) is 0 Å². The van der Waals surface area contributed by atoms with Gasteiger partial charge in [0.1, 0.15) is 0 Å². The Bertz CT molecular complexity index is 818. The standard InChI is InChI=1S/C27H34/c1-18(2)19-6-8-20(9-7-19)22-11-10-21-12-13-24-23(25(21)17-22)14-16-27(3)15-4-5-26(24)27/h6-10,22,24,26H,1,4-5,11-17H2,2-3H3/t22?,24-,26+,27+/m1/s1. The van der Waals surface area contributed by atoms with E-state index >= 15 is 0 Å². The third-order valence-corrected chi connectivity index (χ3v) is 8.53. The first kappa shape index (κ1) is 17.5. The molecule has 27 heavy (non-hydrogen) atoms. The molecule has 0 saturated heterocycles. The van der Waals surface area contributed by atoms with Crippen molar-refractivity contribution in [3.05, 3.63) is 64.8 Å². The molecule has 0 nitrogen and oxygen atoms in total. The normalized spacial score (nSPS) is 35.2. The van der Waals surface area contributed by atoms with Crippen molar-refractivity contribution in [1.82, 2.24) is 0 Å². The molecule has 0 heterocycles. The maximum absolute atomic E-state index is 4.08. The SMILES string of the molecule is C=C(C)c1ccc(C2CC=C3CC[C@@H]4C(=C3C2)CC[C@]2(C)CCC[C@@H]42)cc1. The van der Waals surface area contributed by atoms with E-state index in [1.165, 1.54) is 68.9 Å². The Kier molecular flexibility index (Phi) is 4.22. The van der Waals surface area contributed by atoms with Crippen LogP contribution in [-0.2, 0) is 0 Å². The molecule has 0 N–H and O–H groups in total. The summed E-state index contributed by atoms with van der Waals surface area (Å²) < 4.78 is 0. The Balaban J connectivity index is 1.45. The molecule has 0 aromatic heterocycles. The predicted octanol–water partition coefficient (Wildman–Crippen LogP) is 7.83. The third kappa shape index (κ3) is 2.87. The average molecular weight is 359 g/mol. The molecule has 0 amide bonds. The molecule has 0 spiro atoms. The molecule has 0 radical (unpaired) electrons. The zero-order valence-corrected chi connectivity index (χ0v) is 17.2. The summed E-state index contributed by atoms with van der Waals surface area (Å²) >= 11 is 0. The Morgan fingerprint density at radius 2 is 1.89 bits per heavy atom. The van der Waals surface area contributed by atoms with Gasteiger partial charge in [-0.15, -0.1) is 0 Å². The van der Waals surface area contributed by atoms with Gasteiger partial charge in [-0.25, -0.2) is 0 Å². The van der Waals surface area contributed by atoms with Gasteiger partial charge in [0.25, 0.3) is 0 Å². The first-order chi connectivity index (χ1) is 13.0. The zero-order chi connectivity index (χ0) is 18.6. The van der Waals surface area contributed by atoms with E-state index in [1.807, 2.05) is 5.57 Å². The molecule has 4 atom stereocenters. The molecule has 0 bridgehead atoms. The molecule has 142 valence electrons. The predicted molar refractivity (Wildman–Crippen MR) is 116 cm³/mol. The number of benzene rings is 1. The Labute approximate surface area is 165 Å². The molecule has 1 aromatic rings. The van der Waals surface area contributed by atoms with E-state index in [0.717, 1.165) is 17.4 Å². The van der Waals surface area contributed by atoms with Crippen LogP contribution in [0.1, 0.15) is 88.7 Å². The fraction of sp³-hybridized carbons (Fsp3) is 0.556. The molecular weight excluding hydrogens is 324 g/mol. The second-order valence-corrected chi connectivity index (χ2v) is 10.1. The second-order valence-electron chi connectivity index (χ2n) is 10.1. The van der Waals surface area contributed by atoms with E-state index in [-0.39, 0.29) is 0 Å². The van der Waals surface area contributed by atoms with Gasteiger partial charge in [-0.3, -0.25) is 0 Å². The first-order valence-corrected chi connectivity index (χ1v) is 11.2. The molecule has 4 aliphatic carbocycles. The minimum absolute atomic E-state index is 0.655. The largest absolute Gasteiger partial charge is 0.0955 e. The van der Waals surface area contributed by atoms with Gasteiger partial charge in [0.2, 0.25) is 0 Å². The van der Waals surface area contributed by atoms with Crippen molar-refractivity contribution in [2.24, 2.45) is 17.3 Å². The second kappa shape index (κ2) is 6.50. The van der Waals surface area contributed by atoms with Crippen molar-refractivity contribution < 1.29 is 0 Å². The van der Waals surface area contributed by atoms with Crippen molar-refractivity contribution in [2.45, 2.75) is 77.6 Å². The van der Waals surface area contributed by atoms with Gasteiger partial charge in [0.15, 0.2) is 0 Å². The van der Waals surface area contributed by atoms with E-state index in [2.05, 4.69) is 50.8 Å². The van der Waals surface area contributed by atoms with Gasteiger partial charge in [-0.05, 0) is 104 Å². The summed E-state index contributed by atoms with van der Waals surface area (Å²) in [6.45, 7) is 8.78. The van der Waals surface area contributed by atoms with Crippen LogP contribution in [0.25, 0.3) is 5.57 Å². The molecule has 1 aromatic carbocycles. The number of hydrogen-bond acceptors (Lipinski definition) is 0. The minimum atomic E-state index is 0.655. The Morgan fingerprint density at radius 3 is 2.67 bits per heavy atom. The maximum atomic E-state index is 4.08. The van der Waals surface area contributed by atoms with Gasteiger partial charge < -0.3 is 0 Å². The fourth-order valence-electron chi connectivity index (χ4n) is 6.92. The highest BCUT2D eigenvalue weighted by Crippen LogP contribution is 2.60. The highest BCUT2D eigenvalue weighted by atomic mass is 14.5. The zero-order valence-electron chi connectivity index (χ0n) is 17.2. The van der Waals surface area contributed by atoms with Gasteiger partial charge in [0, 0.05) is 0 Å². The molecule has 2 saturated carbocycles. The van der Waals surface area contributed by atoms with E-state index in [4.69, 9.17) is 0 Å². The summed E-state index contributed by atoms with van der Waals surface area (Å²) in [5.74, 6) is 2.56. The van der Waals surface area contributed by atoms with Crippen LogP contribution in [0.5, 0.6) is 0 Å². The number of fused-ring (bicyclic) bond motifs is 4. The van der Waals surface area contributed by atoms with Crippen molar-refractivity contribution in [3.63, 3.8) is 0 Å². The molecule has 1 unspecified atom stereocenters. The van der Waals surface area contributed by atoms with Crippen LogP contribution in [0, 0.1) is 17.3 Å². The lowest BCUT2D eigenvalue weighted by molar-refractivity contribution is 0.118. The number of rotatable bonds is 2. The van der Waals surface area contributed by atoms with Gasteiger partial charge in [0.05, 0.1) is 0 Å². The van der Waals surface area contributed by atoms with Crippen molar-refractivity contribution >= 4 is 5.57 Å². The number of allylic oxidation sites excluding steroid dienone is 5. The monoisotopic (exact) mass is 358 g/mol. The third-order valence-electron chi connectivity index (χ3n) is 8.53. The highest BCUT2D eigenvalue weighted by molar-refractivity contribution is 5.61. The summed E-state index contributed by atoms with van der Waals surface area (Å²) in [5, 5.41) is 0. The van der Waals surface area contributed by atoms with Crippen LogP contribution in [0.2, 0.25) is 0 Å². The van der Waals surface area contributed by atoms with Crippen LogP contribution < -0.4 is 0 Å². The van der Waals surface area contributed by atoms with Gasteiger partial charge >= 0.3 is 0 Å². The van der Waals surface area contributed by atoms with Gasteiger partial charge in [-0.2, -0.15) is 0 Å². The van der Waals surface area contributed by atoms with Crippen LogP contribution in [0.15, 0.2) is 53.6 Å². The first-order valence-electron chi connectivity index (χ1n) is 11.2. The van der Waals surface area contributed by atoms with E-state index < -0.39 is 0 Å². The van der Waals surface area contributed by atoms with Crippen LogP contribution >= 0.6 is 0 Å². The summed E-state index contributed by atoms with van der Waals surface area (Å²) in [5.41, 5.74) is 10.0. The summed E-state index contributed by atoms with van der Waals surface area (Å²) in [6, 6.07) is 9.24. The summed E-state index contributed by atoms with van der Waals surface area (Å²) in [7, 11) is 0. The Morgan fingerprint density at radius 1 is 1.07 bits per heavy atom. The summed E-state index contributed by atoms with van der Waals surface area (Å²) in [6.07, 6.45) is 15.2. The lowest BCUT2D eigenvalue weighted by Gasteiger charge is -2.47. The van der Waals surface area contributed by atoms with Gasteiger partial charge in [-0.1, -0.05) is 61.4 Å². The molecule has 5 rings (SSSR count). The van der Waals surface area contributed by atoms with Crippen LogP contribution in [-0.4, -0.2) is 0 Å². The number of hydrogen-bond donors (Lipinski definition) is 0. The minimum Gasteiger partial charge on any atom is -0.0955 e. The average Bonchev–Trinajstić information content (AvgIpc) is 3.09.